The number of hydrogen-bond donors (Lipinski definition) is 0. The smallest absolute Gasteiger partial charge is 0.216 e. The maximum Gasteiger partial charge on any atom is 0.216 e. The molecule has 0 bridgehead atoms. The van der Waals surface area contributed by atoms with Crippen molar-refractivity contribution in [1.29, 1.82) is 0 Å². The number of nitrogens with zero attached hydrogens (tertiary/aromatic N) is 6. The summed E-state index contributed by atoms with van der Waals surface area (Å²) >= 11 is 0. The van der Waals surface area contributed by atoms with Gasteiger partial charge in [-0.1, -0.05) is 48.5 Å². The second-order valence-corrected chi connectivity index (χ2v) is 12.5. The van der Waals surface area contributed by atoms with Gasteiger partial charge in [0.1, 0.15) is 34.6 Å². The van der Waals surface area contributed by atoms with Crippen LogP contribution in [-0.2, 0) is 0 Å². The van der Waals surface area contributed by atoms with Gasteiger partial charge in [0.25, 0.3) is 0 Å². The first-order valence-corrected chi connectivity index (χ1v) is 17.1. The van der Waals surface area contributed by atoms with Crippen molar-refractivity contribution in [1.82, 2.24) is 29.1 Å². The summed E-state index contributed by atoms with van der Waals surface area (Å²) < 4.78 is 31.7. The first kappa shape index (κ1) is 30.4. The highest BCUT2D eigenvalue weighted by atomic mass is 19.1. The zero-order chi connectivity index (χ0) is 35.3. The monoisotopic (exact) mass is 690 g/mol. The Hall–Kier alpha value is -7.39. The lowest BCUT2D eigenvalue weighted by atomic mass is 10.1. The van der Waals surface area contributed by atoms with Crippen LogP contribution in [0.1, 0.15) is 0 Å². The average molecular weight is 691 g/mol. The molecule has 0 radical (unpaired) electrons. The Bertz CT molecular complexity index is 2800. The molecule has 0 aliphatic heterocycles. The molecule has 10 rings (SSSR count). The molecule has 0 fully saturated rings. The van der Waals surface area contributed by atoms with E-state index in [4.69, 9.17) is 9.47 Å². The number of rotatable bonds is 7. The summed E-state index contributed by atoms with van der Waals surface area (Å²) in [6.07, 6.45) is 4.96. The van der Waals surface area contributed by atoms with Gasteiger partial charge in [0.05, 0.1) is 22.1 Å². The minimum atomic E-state index is -0.635. The number of pyridine rings is 2. The number of halogens is 1. The van der Waals surface area contributed by atoms with Crippen LogP contribution in [0.25, 0.3) is 66.6 Å². The highest BCUT2D eigenvalue weighted by Gasteiger charge is 2.17. The van der Waals surface area contributed by atoms with E-state index in [1.54, 1.807) is 30.6 Å². The van der Waals surface area contributed by atoms with Crippen LogP contribution in [0.15, 0.2) is 164 Å². The van der Waals surface area contributed by atoms with E-state index in [0.717, 1.165) is 55.2 Å². The van der Waals surface area contributed by atoms with Gasteiger partial charge in [0, 0.05) is 70.0 Å². The Balaban J connectivity index is 1.08. The van der Waals surface area contributed by atoms with Crippen molar-refractivity contribution in [3.8, 4) is 46.0 Å². The van der Waals surface area contributed by atoms with Crippen molar-refractivity contribution < 1.29 is 13.9 Å². The van der Waals surface area contributed by atoms with Crippen LogP contribution < -0.4 is 9.47 Å². The standard InChI is InChI=1S/C44H27FN6O2/c45-41-19-22-48-44(49-41)28-23-31(52-29-15-17-35-33-9-1-3-11-37(33)50(39(35)26-29)42-13-5-7-20-46-42)25-32(24-28)53-30-16-18-36-34-10-2-4-12-38(34)51(40(36)27-30)43-14-6-8-21-47-43/h1-27H. The van der Waals surface area contributed by atoms with Gasteiger partial charge >= 0.3 is 0 Å². The highest BCUT2D eigenvalue weighted by Crippen LogP contribution is 2.39. The Morgan fingerprint density at radius 2 is 0.925 bits per heavy atom. The number of hydrogen-bond acceptors (Lipinski definition) is 6. The fraction of sp³-hybridized carbons (Fsp3) is 0. The van der Waals surface area contributed by atoms with Crippen LogP contribution in [0.5, 0.6) is 23.0 Å². The SMILES string of the molecule is Fc1ccnc(-c2cc(Oc3ccc4c5ccccc5n(-c5ccccn5)c4c3)cc(Oc3ccc4c5ccccc5n(-c5ccccn5)c4c3)c2)n1. The molecule has 53 heavy (non-hydrogen) atoms. The molecule has 10 aromatic rings. The molecule has 0 N–H and O–H groups in total. The molecule has 9 heteroatoms. The molecular formula is C44H27FN6O2. The largest absolute Gasteiger partial charge is 0.457 e. The zero-order valence-corrected chi connectivity index (χ0v) is 28.0. The quantitative estimate of drug-likeness (QED) is 0.155. The van der Waals surface area contributed by atoms with E-state index in [-0.39, 0.29) is 5.82 Å². The average Bonchev–Trinajstić information content (AvgIpc) is 3.70. The fourth-order valence-corrected chi connectivity index (χ4v) is 7.06. The lowest BCUT2D eigenvalue weighted by Crippen LogP contribution is -1.97. The fourth-order valence-electron chi connectivity index (χ4n) is 7.06. The van der Waals surface area contributed by atoms with Crippen molar-refractivity contribution in [2.24, 2.45) is 0 Å². The predicted octanol–water partition coefficient (Wildman–Crippen LogP) is 10.9. The molecule has 5 aromatic carbocycles. The molecule has 0 saturated heterocycles. The molecule has 8 nitrogen and oxygen atoms in total. The van der Waals surface area contributed by atoms with Gasteiger partial charge in [-0.3, -0.25) is 9.13 Å². The van der Waals surface area contributed by atoms with E-state index in [2.05, 4.69) is 65.5 Å². The van der Waals surface area contributed by atoms with Crippen molar-refractivity contribution >= 4 is 43.6 Å². The number of aromatic nitrogens is 6. The number of para-hydroxylation sites is 2. The summed E-state index contributed by atoms with van der Waals surface area (Å²) in [7, 11) is 0. The van der Waals surface area contributed by atoms with Gasteiger partial charge in [-0.05, 0) is 72.8 Å². The molecule has 0 atom stereocenters. The zero-order valence-electron chi connectivity index (χ0n) is 28.0. The molecule has 0 aliphatic rings. The van der Waals surface area contributed by atoms with Gasteiger partial charge in [-0.25, -0.2) is 15.0 Å². The third kappa shape index (κ3) is 5.39. The van der Waals surface area contributed by atoms with E-state index in [1.807, 2.05) is 84.9 Å². The summed E-state index contributed by atoms with van der Waals surface area (Å²) in [4.78, 5) is 17.7. The van der Waals surface area contributed by atoms with Gasteiger partial charge in [-0.2, -0.15) is 9.37 Å². The number of benzene rings is 5. The second kappa shape index (κ2) is 12.4. The van der Waals surface area contributed by atoms with E-state index < -0.39 is 5.95 Å². The molecule has 5 heterocycles. The van der Waals surface area contributed by atoms with Gasteiger partial charge in [0.2, 0.25) is 5.95 Å². The Labute approximate surface area is 302 Å². The molecule has 0 spiro atoms. The minimum Gasteiger partial charge on any atom is -0.457 e. The summed E-state index contributed by atoms with van der Waals surface area (Å²) in [6, 6.07) is 46.8. The lowest BCUT2D eigenvalue weighted by molar-refractivity contribution is 0.461. The molecule has 0 aliphatic carbocycles. The van der Waals surface area contributed by atoms with Crippen LogP contribution >= 0.6 is 0 Å². The van der Waals surface area contributed by atoms with E-state index >= 15 is 0 Å². The highest BCUT2D eigenvalue weighted by molar-refractivity contribution is 6.10. The van der Waals surface area contributed by atoms with Crippen LogP contribution in [0, 0.1) is 5.95 Å². The van der Waals surface area contributed by atoms with Gasteiger partial charge in [0.15, 0.2) is 5.82 Å². The Morgan fingerprint density at radius 3 is 1.43 bits per heavy atom. The maximum absolute atomic E-state index is 14.3. The molecule has 252 valence electrons. The summed E-state index contributed by atoms with van der Waals surface area (Å²) in [5.74, 6) is 3.31. The summed E-state index contributed by atoms with van der Waals surface area (Å²) in [5.41, 5.74) is 4.50. The first-order chi connectivity index (χ1) is 26.2. The second-order valence-electron chi connectivity index (χ2n) is 12.5. The Kier molecular flexibility index (Phi) is 7.14. The van der Waals surface area contributed by atoms with E-state index in [0.29, 0.717) is 28.6 Å². The molecule has 0 saturated carbocycles. The normalized spacial score (nSPS) is 11.5. The minimum absolute atomic E-state index is 0.205. The van der Waals surface area contributed by atoms with E-state index in [1.165, 1.54) is 12.3 Å². The van der Waals surface area contributed by atoms with Crippen molar-refractivity contribution in [2.75, 3.05) is 0 Å². The third-order valence-corrected chi connectivity index (χ3v) is 9.28. The molecule has 0 amide bonds. The maximum atomic E-state index is 14.3. The number of ether oxygens (including phenoxy) is 2. The molecule has 0 unspecified atom stereocenters. The van der Waals surface area contributed by atoms with Crippen LogP contribution in [0.4, 0.5) is 4.39 Å². The van der Waals surface area contributed by atoms with Crippen molar-refractivity contribution in [2.45, 2.75) is 0 Å². The van der Waals surface area contributed by atoms with Crippen LogP contribution in [-0.4, -0.2) is 29.1 Å². The van der Waals surface area contributed by atoms with Gasteiger partial charge < -0.3 is 9.47 Å². The van der Waals surface area contributed by atoms with Gasteiger partial charge in [-0.15, -0.1) is 0 Å². The van der Waals surface area contributed by atoms with Crippen LogP contribution in [0.3, 0.4) is 0 Å². The topological polar surface area (TPSA) is 79.9 Å². The van der Waals surface area contributed by atoms with Crippen molar-refractivity contribution in [3.05, 3.63) is 170 Å². The van der Waals surface area contributed by atoms with Crippen LogP contribution in [0.2, 0.25) is 0 Å². The Morgan fingerprint density at radius 1 is 0.415 bits per heavy atom. The first-order valence-electron chi connectivity index (χ1n) is 17.1. The molecule has 5 aromatic heterocycles. The van der Waals surface area contributed by atoms with E-state index in [9.17, 15) is 4.39 Å². The third-order valence-electron chi connectivity index (χ3n) is 9.28. The molecular weight excluding hydrogens is 664 g/mol. The lowest BCUT2D eigenvalue weighted by Gasteiger charge is -2.13. The van der Waals surface area contributed by atoms with Crippen molar-refractivity contribution in [3.63, 3.8) is 0 Å². The number of fused-ring (bicyclic) bond motifs is 6. The summed E-state index contributed by atoms with van der Waals surface area (Å²) in [5, 5.41) is 4.37. The summed E-state index contributed by atoms with van der Waals surface area (Å²) in [6.45, 7) is 0. The predicted molar refractivity (Wildman–Crippen MR) is 205 cm³/mol.